The van der Waals surface area contributed by atoms with E-state index in [0.29, 0.717) is 12.3 Å². The molecule has 25 heavy (non-hydrogen) atoms. The van der Waals surface area contributed by atoms with Crippen LogP contribution in [-0.2, 0) is 9.59 Å². The smallest absolute Gasteiger partial charge is 0.316 e. The molecule has 1 aliphatic rings. The third kappa shape index (κ3) is 3.73. The zero-order chi connectivity index (χ0) is 18.1. The number of hydrogen-bond acceptors (Lipinski definition) is 3. The zero-order valence-electron chi connectivity index (χ0n) is 15.1. The van der Waals surface area contributed by atoms with Crippen LogP contribution < -0.4 is 9.64 Å². The molecular formula is C21H23NO3. The molecule has 1 heterocycles. The number of ether oxygens (including phenoxy) is 1. The van der Waals surface area contributed by atoms with E-state index in [1.54, 1.807) is 4.90 Å². The summed E-state index contributed by atoms with van der Waals surface area (Å²) in [5.74, 6) is -0.270. The van der Waals surface area contributed by atoms with Crippen LogP contribution in [0.2, 0.25) is 0 Å². The molecule has 4 nitrogen and oxygen atoms in total. The van der Waals surface area contributed by atoms with Gasteiger partial charge >= 0.3 is 5.97 Å². The van der Waals surface area contributed by atoms with Crippen molar-refractivity contribution < 1.29 is 14.3 Å². The molecule has 1 fully saturated rings. The van der Waals surface area contributed by atoms with Gasteiger partial charge in [0.2, 0.25) is 5.91 Å². The number of benzene rings is 2. The fourth-order valence-electron chi connectivity index (χ4n) is 3.40. The third-order valence-electron chi connectivity index (χ3n) is 4.52. The van der Waals surface area contributed by atoms with Crippen molar-refractivity contribution in [3.05, 3.63) is 58.7 Å². The van der Waals surface area contributed by atoms with Crippen LogP contribution >= 0.6 is 0 Å². The highest BCUT2D eigenvalue weighted by Gasteiger charge is 2.36. The second kappa shape index (κ2) is 6.71. The Labute approximate surface area is 148 Å². The third-order valence-corrected chi connectivity index (χ3v) is 4.52. The van der Waals surface area contributed by atoms with Crippen molar-refractivity contribution >= 4 is 17.6 Å². The lowest BCUT2D eigenvalue weighted by atomic mass is 10.1. The Balaban J connectivity index is 1.74. The Kier molecular flexibility index (Phi) is 4.62. The highest BCUT2D eigenvalue weighted by atomic mass is 16.5. The number of hydrogen-bond donors (Lipinski definition) is 0. The molecule has 0 bridgehead atoms. The van der Waals surface area contributed by atoms with Crippen LogP contribution in [-0.4, -0.2) is 18.4 Å². The molecule has 0 unspecified atom stereocenters. The van der Waals surface area contributed by atoms with Crippen LogP contribution in [0.5, 0.6) is 5.75 Å². The topological polar surface area (TPSA) is 46.6 Å². The van der Waals surface area contributed by atoms with Gasteiger partial charge in [-0.25, -0.2) is 0 Å². The first-order valence-corrected chi connectivity index (χ1v) is 8.51. The van der Waals surface area contributed by atoms with Crippen LogP contribution in [0.1, 0.15) is 28.7 Å². The van der Waals surface area contributed by atoms with Gasteiger partial charge in [0.15, 0.2) is 0 Å². The largest absolute Gasteiger partial charge is 0.426 e. The van der Waals surface area contributed by atoms with Gasteiger partial charge < -0.3 is 9.64 Å². The van der Waals surface area contributed by atoms with E-state index in [-0.39, 0.29) is 18.3 Å². The van der Waals surface area contributed by atoms with Crippen molar-refractivity contribution in [2.75, 3.05) is 11.4 Å². The summed E-state index contributed by atoms with van der Waals surface area (Å²) in [6.07, 6.45) is 0.191. The number of anilines is 1. The summed E-state index contributed by atoms with van der Waals surface area (Å²) >= 11 is 0. The molecule has 2 aromatic carbocycles. The summed E-state index contributed by atoms with van der Waals surface area (Å²) in [5, 5.41) is 0. The van der Waals surface area contributed by atoms with Gasteiger partial charge in [0.05, 0.1) is 5.92 Å². The minimum absolute atomic E-state index is 0.0330. The summed E-state index contributed by atoms with van der Waals surface area (Å²) < 4.78 is 5.52. The number of carbonyl (C=O) groups is 2. The van der Waals surface area contributed by atoms with E-state index in [1.165, 1.54) is 0 Å². The average Bonchev–Trinajstić information content (AvgIpc) is 2.88. The van der Waals surface area contributed by atoms with Gasteiger partial charge in [-0.05, 0) is 62.6 Å². The predicted molar refractivity (Wildman–Crippen MR) is 97.9 cm³/mol. The molecule has 0 spiro atoms. The van der Waals surface area contributed by atoms with Gasteiger partial charge in [-0.1, -0.05) is 23.8 Å². The van der Waals surface area contributed by atoms with Gasteiger partial charge in [0.25, 0.3) is 0 Å². The predicted octanol–water partition coefficient (Wildman–Crippen LogP) is 3.88. The molecule has 0 aliphatic carbocycles. The average molecular weight is 337 g/mol. The molecule has 0 saturated carbocycles. The van der Waals surface area contributed by atoms with E-state index in [2.05, 4.69) is 0 Å². The first-order chi connectivity index (χ1) is 11.8. The lowest BCUT2D eigenvalue weighted by molar-refractivity contribution is -0.139. The van der Waals surface area contributed by atoms with Crippen LogP contribution in [0, 0.1) is 33.6 Å². The summed E-state index contributed by atoms with van der Waals surface area (Å²) in [6, 6.07) is 11.7. The van der Waals surface area contributed by atoms with Crippen molar-refractivity contribution in [3.63, 3.8) is 0 Å². The van der Waals surface area contributed by atoms with E-state index < -0.39 is 5.92 Å². The molecule has 0 N–H and O–H groups in total. The van der Waals surface area contributed by atoms with E-state index >= 15 is 0 Å². The Morgan fingerprint density at radius 1 is 1.00 bits per heavy atom. The first kappa shape index (κ1) is 17.2. The van der Waals surface area contributed by atoms with Crippen LogP contribution in [0.15, 0.2) is 36.4 Å². The molecule has 130 valence electrons. The minimum atomic E-state index is -0.436. The summed E-state index contributed by atoms with van der Waals surface area (Å²) in [7, 11) is 0. The van der Waals surface area contributed by atoms with E-state index in [1.807, 2.05) is 64.1 Å². The highest BCUT2D eigenvalue weighted by Crippen LogP contribution is 2.29. The monoisotopic (exact) mass is 337 g/mol. The van der Waals surface area contributed by atoms with Gasteiger partial charge in [-0.3, -0.25) is 9.59 Å². The molecule has 2 aromatic rings. The number of esters is 1. The number of amides is 1. The van der Waals surface area contributed by atoms with Crippen molar-refractivity contribution in [1.82, 2.24) is 0 Å². The number of nitrogens with zero attached hydrogens (tertiary/aromatic N) is 1. The van der Waals surface area contributed by atoms with Crippen molar-refractivity contribution in [2.24, 2.45) is 5.92 Å². The Bertz CT molecular complexity index is 821. The molecule has 1 atom stereocenters. The first-order valence-electron chi connectivity index (χ1n) is 8.51. The number of carbonyl (C=O) groups excluding carboxylic acids is 2. The van der Waals surface area contributed by atoms with Crippen molar-refractivity contribution in [2.45, 2.75) is 34.1 Å². The maximum absolute atomic E-state index is 12.5. The molecule has 0 radical (unpaired) electrons. The van der Waals surface area contributed by atoms with E-state index in [0.717, 1.165) is 27.9 Å². The normalized spacial score (nSPS) is 17.0. The summed E-state index contributed by atoms with van der Waals surface area (Å²) in [6.45, 7) is 8.30. The van der Waals surface area contributed by atoms with E-state index in [9.17, 15) is 9.59 Å². The quantitative estimate of drug-likeness (QED) is 0.631. The number of rotatable bonds is 3. The van der Waals surface area contributed by atoms with Crippen molar-refractivity contribution in [1.29, 1.82) is 0 Å². The fourth-order valence-corrected chi connectivity index (χ4v) is 3.40. The minimum Gasteiger partial charge on any atom is -0.426 e. The maximum Gasteiger partial charge on any atom is 0.316 e. The highest BCUT2D eigenvalue weighted by molar-refractivity contribution is 6.00. The zero-order valence-corrected chi connectivity index (χ0v) is 15.1. The lowest BCUT2D eigenvalue weighted by Crippen LogP contribution is -2.27. The SMILES string of the molecule is Cc1cc(C)cc(OC(=O)[C@@H]2CC(=O)N(c3ccc(C)cc3C)C2)c1. The molecule has 1 saturated heterocycles. The summed E-state index contributed by atoms with van der Waals surface area (Å²) in [4.78, 5) is 26.6. The Hall–Kier alpha value is -2.62. The van der Waals surface area contributed by atoms with Gasteiger partial charge in [-0.2, -0.15) is 0 Å². The fraction of sp³-hybridized carbons (Fsp3) is 0.333. The lowest BCUT2D eigenvalue weighted by Gasteiger charge is -2.19. The van der Waals surface area contributed by atoms with E-state index in [4.69, 9.17) is 4.74 Å². The van der Waals surface area contributed by atoms with Gasteiger partial charge in [-0.15, -0.1) is 0 Å². The van der Waals surface area contributed by atoms with Crippen LogP contribution in [0.3, 0.4) is 0 Å². The molecule has 4 heteroatoms. The molecule has 3 rings (SSSR count). The standard InChI is InChI=1S/C21H23NO3/c1-13-5-6-19(16(4)8-13)22-12-17(11-20(22)23)21(24)25-18-9-14(2)7-15(3)10-18/h5-10,17H,11-12H2,1-4H3/t17-/m1/s1. The molecule has 1 amide bonds. The Morgan fingerprint density at radius 3 is 2.32 bits per heavy atom. The number of aryl methyl sites for hydroxylation is 4. The summed E-state index contributed by atoms with van der Waals surface area (Å²) in [5.41, 5.74) is 5.15. The molecular weight excluding hydrogens is 314 g/mol. The molecule has 0 aromatic heterocycles. The second-order valence-corrected chi connectivity index (χ2v) is 6.94. The van der Waals surface area contributed by atoms with Crippen LogP contribution in [0.4, 0.5) is 5.69 Å². The Morgan fingerprint density at radius 2 is 1.68 bits per heavy atom. The van der Waals surface area contributed by atoms with Gasteiger partial charge in [0.1, 0.15) is 5.75 Å². The maximum atomic E-state index is 12.5. The van der Waals surface area contributed by atoms with Crippen molar-refractivity contribution in [3.8, 4) is 5.75 Å². The molecule has 1 aliphatic heterocycles. The second-order valence-electron chi connectivity index (χ2n) is 6.94. The van der Waals surface area contributed by atoms with Gasteiger partial charge in [0, 0.05) is 18.7 Å². The van der Waals surface area contributed by atoms with Crippen LogP contribution in [0.25, 0.3) is 0 Å².